The minimum Gasteiger partial charge on any atom is -0.494 e. The molecule has 0 spiro atoms. The third-order valence-electron chi connectivity index (χ3n) is 6.37. The predicted octanol–water partition coefficient (Wildman–Crippen LogP) is 5.88. The minimum absolute atomic E-state index is 0.0312. The van der Waals surface area contributed by atoms with Crippen LogP contribution in [-0.2, 0) is 25.5 Å². The monoisotopic (exact) mass is 614 g/mol. The van der Waals surface area contributed by atoms with Crippen molar-refractivity contribution in [2.24, 2.45) is 0 Å². The Morgan fingerprint density at radius 1 is 0.667 bits per heavy atom. The second-order valence-electron chi connectivity index (χ2n) is 9.63. The molecule has 0 aliphatic rings. The third-order valence-corrected chi connectivity index (χ3v) is 6.37. The van der Waals surface area contributed by atoms with Crippen LogP contribution in [0.4, 0.5) is 0 Å². The second-order valence-corrected chi connectivity index (χ2v) is 9.63. The highest BCUT2D eigenvalue weighted by molar-refractivity contribution is 5.97. The summed E-state index contributed by atoms with van der Waals surface area (Å²) in [5.41, 5.74) is 1.05. The summed E-state index contributed by atoms with van der Waals surface area (Å²) in [5.74, 6) is -2.25. The molecule has 0 saturated carbocycles. The maximum Gasteiger partial charge on any atom is 0.343 e. The van der Waals surface area contributed by atoms with E-state index in [1.807, 2.05) is 0 Å². The highest BCUT2D eigenvalue weighted by Gasteiger charge is 2.20. The Hall–Kier alpha value is -5.51. The SMILES string of the molecule is C=CC(=O)Cc1ccc(C(=O)Oc2ccc(OC(=O)c3ccc(OCCCCCCOC(=O)C=C)cc3)c(C(=O)OC)c2)cc1. The molecule has 0 aromatic heterocycles. The van der Waals surface area contributed by atoms with E-state index in [0.29, 0.717) is 24.5 Å². The lowest BCUT2D eigenvalue weighted by Gasteiger charge is -2.12. The van der Waals surface area contributed by atoms with Crippen molar-refractivity contribution in [2.45, 2.75) is 32.1 Å². The minimum atomic E-state index is -0.798. The van der Waals surface area contributed by atoms with Crippen LogP contribution in [0.1, 0.15) is 62.3 Å². The number of allylic oxidation sites excluding steroid dienone is 1. The first-order chi connectivity index (χ1) is 21.7. The van der Waals surface area contributed by atoms with Gasteiger partial charge in [-0.05, 0) is 91.9 Å². The van der Waals surface area contributed by atoms with Crippen LogP contribution in [0, 0.1) is 0 Å². The first kappa shape index (κ1) is 34.0. The Morgan fingerprint density at radius 3 is 1.89 bits per heavy atom. The molecule has 0 fully saturated rings. The Kier molecular flexibility index (Phi) is 13.3. The van der Waals surface area contributed by atoms with Gasteiger partial charge in [-0.3, -0.25) is 4.79 Å². The van der Waals surface area contributed by atoms with Gasteiger partial charge in [-0.2, -0.15) is 0 Å². The van der Waals surface area contributed by atoms with E-state index < -0.39 is 23.9 Å². The highest BCUT2D eigenvalue weighted by Crippen LogP contribution is 2.27. The van der Waals surface area contributed by atoms with Crippen LogP contribution in [0.25, 0.3) is 0 Å². The number of esters is 4. The number of ketones is 1. The molecule has 0 N–H and O–H groups in total. The van der Waals surface area contributed by atoms with Crippen LogP contribution in [0.3, 0.4) is 0 Å². The van der Waals surface area contributed by atoms with Gasteiger partial charge >= 0.3 is 23.9 Å². The molecule has 0 radical (unpaired) electrons. The molecule has 3 rings (SSSR count). The van der Waals surface area contributed by atoms with E-state index in [-0.39, 0.29) is 40.4 Å². The number of methoxy groups -OCH3 is 1. The molecule has 0 unspecified atom stereocenters. The molecule has 10 heteroatoms. The number of hydrogen-bond acceptors (Lipinski definition) is 10. The van der Waals surface area contributed by atoms with Gasteiger partial charge in [0.25, 0.3) is 0 Å². The summed E-state index contributed by atoms with van der Waals surface area (Å²) < 4.78 is 26.3. The number of carbonyl (C=O) groups excluding carboxylic acids is 5. The zero-order valence-corrected chi connectivity index (χ0v) is 25.0. The summed E-state index contributed by atoms with van der Waals surface area (Å²) in [4.78, 5) is 60.5. The Balaban J connectivity index is 1.55. The second kappa shape index (κ2) is 17.6. The quantitative estimate of drug-likeness (QED) is 0.0786. The molecule has 3 aromatic carbocycles. The van der Waals surface area contributed by atoms with Gasteiger partial charge in [0.2, 0.25) is 0 Å². The summed E-state index contributed by atoms with van der Waals surface area (Å²) >= 11 is 0. The number of benzene rings is 3. The smallest absolute Gasteiger partial charge is 0.343 e. The van der Waals surface area contributed by atoms with Gasteiger partial charge in [0.1, 0.15) is 22.8 Å². The molecule has 234 valence electrons. The number of unbranched alkanes of at least 4 members (excludes halogenated alkanes) is 3. The van der Waals surface area contributed by atoms with Gasteiger partial charge in [-0.25, -0.2) is 19.2 Å². The number of hydrogen-bond donors (Lipinski definition) is 0. The average molecular weight is 615 g/mol. The van der Waals surface area contributed by atoms with Crippen molar-refractivity contribution in [3.05, 3.63) is 114 Å². The molecule has 0 bridgehead atoms. The molecular weight excluding hydrogens is 580 g/mol. The van der Waals surface area contributed by atoms with E-state index in [4.69, 9.17) is 23.7 Å². The molecule has 45 heavy (non-hydrogen) atoms. The molecular formula is C35H34O10. The summed E-state index contributed by atoms with van der Waals surface area (Å²) in [6, 6.07) is 16.6. The number of ether oxygens (including phenoxy) is 5. The summed E-state index contributed by atoms with van der Waals surface area (Å²) in [7, 11) is 1.17. The number of rotatable bonds is 17. The Bertz CT molecular complexity index is 1520. The van der Waals surface area contributed by atoms with Crippen molar-refractivity contribution in [1.82, 2.24) is 0 Å². The molecule has 0 saturated heterocycles. The lowest BCUT2D eigenvalue weighted by Crippen LogP contribution is -2.13. The third kappa shape index (κ3) is 10.9. The normalized spacial score (nSPS) is 10.2. The standard InChI is InChI=1S/C35H34O10/c1-4-27(36)22-24-10-12-25(13-11-24)33(38)44-29-18-19-31(30(23-29)35(40)41-3)45-34(39)26-14-16-28(17-15-26)42-20-8-6-7-9-21-43-32(37)5-2/h4-5,10-19,23H,1-2,6-9,20-22H2,3H3. The fourth-order valence-electron chi connectivity index (χ4n) is 3.95. The Labute approximate surface area is 261 Å². The lowest BCUT2D eigenvalue weighted by molar-refractivity contribution is -0.137. The van der Waals surface area contributed by atoms with Crippen LogP contribution >= 0.6 is 0 Å². The van der Waals surface area contributed by atoms with Crippen LogP contribution in [0.2, 0.25) is 0 Å². The summed E-state index contributed by atoms with van der Waals surface area (Å²) in [5, 5.41) is 0. The number of carbonyl (C=O) groups is 5. The van der Waals surface area contributed by atoms with Crippen molar-refractivity contribution in [3.63, 3.8) is 0 Å². The van der Waals surface area contributed by atoms with Crippen molar-refractivity contribution in [1.29, 1.82) is 0 Å². The van der Waals surface area contributed by atoms with E-state index in [0.717, 1.165) is 31.8 Å². The van der Waals surface area contributed by atoms with Crippen molar-refractivity contribution >= 4 is 29.7 Å². The van der Waals surface area contributed by atoms with Crippen molar-refractivity contribution in [2.75, 3.05) is 20.3 Å². The van der Waals surface area contributed by atoms with Crippen molar-refractivity contribution < 1.29 is 47.7 Å². The zero-order chi connectivity index (χ0) is 32.6. The average Bonchev–Trinajstić information content (AvgIpc) is 3.06. The van der Waals surface area contributed by atoms with Crippen LogP contribution in [0.15, 0.2) is 92.0 Å². The van der Waals surface area contributed by atoms with Crippen LogP contribution in [-0.4, -0.2) is 50.0 Å². The summed E-state index contributed by atoms with van der Waals surface area (Å²) in [6.45, 7) is 7.63. The maximum atomic E-state index is 12.8. The highest BCUT2D eigenvalue weighted by atomic mass is 16.6. The summed E-state index contributed by atoms with van der Waals surface area (Å²) in [6.07, 6.45) is 5.91. The van der Waals surface area contributed by atoms with Gasteiger partial charge in [0, 0.05) is 12.5 Å². The fourth-order valence-corrected chi connectivity index (χ4v) is 3.95. The molecule has 10 nitrogen and oxygen atoms in total. The topological polar surface area (TPSA) is 132 Å². The molecule has 0 aliphatic heterocycles. The largest absolute Gasteiger partial charge is 0.494 e. The fraction of sp³-hybridized carbons (Fsp3) is 0.229. The van der Waals surface area contributed by atoms with Crippen LogP contribution < -0.4 is 14.2 Å². The van der Waals surface area contributed by atoms with Gasteiger partial charge in [0.05, 0.1) is 31.5 Å². The van der Waals surface area contributed by atoms with E-state index in [1.54, 1.807) is 24.3 Å². The van der Waals surface area contributed by atoms with Crippen LogP contribution in [0.5, 0.6) is 17.2 Å². The molecule has 0 amide bonds. The first-order valence-electron chi connectivity index (χ1n) is 14.2. The van der Waals surface area contributed by atoms with Gasteiger partial charge in [0.15, 0.2) is 5.78 Å². The van der Waals surface area contributed by atoms with E-state index >= 15 is 0 Å². The predicted molar refractivity (Wildman–Crippen MR) is 165 cm³/mol. The van der Waals surface area contributed by atoms with E-state index in [2.05, 4.69) is 13.2 Å². The van der Waals surface area contributed by atoms with E-state index in [9.17, 15) is 24.0 Å². The molecule has 0 atom stereocenters. The lowest BCUT2D eigenvalue weighted by atomic mass is 10.1. The van der Waals surface area contributed by atoms with E-state index in [1.165, 1.54) is 55.7 Å². The molecule has 0 heterocycles. The Morgan fingerprint density at radius 2 is 1.27 bits per heavy atom. The van der Waals surface area contributed by atoms with Gasteiger partial charge in [-0.1, -0.05) is 25.3 Å². The molecule has 3 aromatic rings. The van der Waals surface area contributed by atoms with Gasteiger partial charge in [-0.15, -0.1) is 0 Å². The van der Waals surface area contributed by atoms with Gasteiger partial charge < -0.3 is 23.7 Å². The zero-order valence-electron chi connectivity index (χ0n) is 25.0. The first-order valence-corrected chi connectivity index (χ1v) is 14.2. The maximum absolute atomic E-state index is 12.8. The molecule has 0 aliphatic carbocycles. The van der Waals surface area contributed by atoms with Crippen molar-refractivity contribution in [3.8, 4) is 17.2 Å².